The molecule has 1 aromatic rings. The number of carbonyl (C=O) groups excluding carboxylic acids is 1. The molecule has 1 aliphatic rings. The van der Waals surface area contributed by atoms with Crippen LogP contribution in [-0.4, -0.2) is 47.3 Å². The number of hydrogen-bond acceptors (Lipinski definition) is 4. The van der Waals surface area contributed by atoms with Crippen LogP contribution >= 0.6 is 0 Å². The molecule has 1 aromatic heterocycles. The first-order valence-corrected chi connectivity index (χ1v) is 8.89. The van der Waals surface area contributed by atoms with Crippen molar-refractivity contribution < 1.29 is 13.2 Å². The Kier molecular flexibility index (Phi) is 4.67. The highest BCUT2D eigenvalue weighted by atomic mass is 32.2. The molecular formula is C13H22N4O3S. The topological polar surface area (TPSA) is 84.3 Å². The van der Waals surface area contributed by atoms with Gasteiger partial charge < -0.3 is 5.32 Å². The number of hydrogen-bond donors (Lipinski definition) is 1. The summed E-state index contributed by atoms with van der Waals surface area (Å²) < 4.78 is 27.4. The maximum Gasteiger partial charge on any atom is 0.222 e. The molecule has 0 unspecified atom stereocenters. The molecule has 0 saturated carbocycles. The van der Waals surface area contributed by atoms with E-state index in [1.54, 1.807) is 6.20 Å². The van der Waals surface area contributed by atoms with Gasteiger partial charge in [0.2, 0.25) is 15.9 Å². The molecule has 0 radical (unpaired) electrons. The van der Waals surface area contributed by atoms with E-state index >= 15 is 0 Å². The van der Waals surface area contributed by atoms with E-state index < -0.39 is 10.0 Å². The van der Waals surface area contributed by atoms with Gasteiger partial charge in [-0.2, -0.15) is 9.40 Å². The molecule has 2 rings (SSSR count). The van der Waals surface area contributed by atoms with E-state index in [-0.39, 0.29) is 17.9 Å². The molecule has 7 nitrogen and oxygen atoms in total. The summed E-state index contributed by atoms with van der Waals surface area (Å²) in [5, 5.41) is 7.02. The van der Waals surface area contributed by atoms with Crippen LogP contribution in [0.25, 0.3) is 0 Å². The Morgan fingerprint density at radius 1 is 1.52 bits per heavy atom. The van der Waals surface area contributed by atoms with Gasteiger partial charge in [-0.25, -0.2) is 8.42 Å². The average Bonchev–Trinajstić information content (AvgIpc) is 2.75. The van der Waals surface area contributed by atoms with Crippen molar-refractivity contribution in [3.05, 3.63) is 18.0 Å². The van der Waals surface area contributed by atoms with E-state index in [2.05, 4.69) is 10.4 Å². The highest BCUT2D eigenvalue weighted by Gasteiger charge is 2.30. The molecule has 1 atom stereocenters. The summed E-state index contributed by atoms with van der Waals surface area (Å²) in [6, 6.07) is 1.58. The molecule has 1 N–H and O–H groups in total. The fourth-order valence-corrected chi connectivity index (χ4v) is 3.50. The van der Waals surface area contributed by atoms with Gasteiger partial charge in [-0.05, 0) is 12.5 Å². The van der Waals surface area contributed by atoms with Crippen LogP contribution in [0.3, 0.4) is 0 Å². The highest BCUT2D eigenvalue weighted by molar-refractivity contribution is 7.88. The first kappa shape index (κ1) is 16.0. The Labute approximate surface area is 125 Å². The minimum absolute atomic E-state index is 0.0644. The maximum absolute atomic E-state index is 12.0. The van der Waals surface area contributed by atoms with Gasteiger partial charge in [-0.3, -0.25) is 9.48 Å². The van der Waals surface area contributed by atoms with Gasteiger partial charge in [-0.15, -0.1) is 0 Å². The molecule has 0 aliphatic carbocycles. The molecule has 0 aromatic carbocycles. The lowest BCUT2D eigenvalue weighted by Gasteiger charge is -2.27. The Bertz CT molecular complexity index is 609. The Morgan fingerprint density at radius 3 is 2.86 bits per heavy atom. The lowest BCUT2D eigenvalue weighted by atomic mass is 10.1. The van der Waals surface area contributed by atoms with Crippen LogP contribution in [0.5, 0.6) is 0 Å². The molecule has 0 bridgehead atoms. The number of fused-ring (bicyclic) bond motifs is 1. The third kappa shape index (κ3) is 3.82. The van der Waals surface area contributed by atoms with Crippen molar-refractivity contribution in [2.75, 3.05) is 12.8 Å². The largest absolute Gasteiger partial charge is 0.354 e. The van der Waals surface area contributed by atoms with Crippen LogP contribution in [0, 0.1) is 5.92 Å². The van der Waals surface area contributed by atoms with Gasteiger partial charge in [-0.1, -0.05) is 13.8 Å². The fraction of sp³-hybridized carbons (Fsp3) is 0.692. The highest BCUT2D eigenvalue weighted by Crippen LogP contribution is 2.19. The normalized spacial score (nSPS) is 20.1. The van der Waals surface area contributed by atoms with Gasteiger partial charge in [0.05, 0.1) is 18.5 Å². The maximum atomic E-state index is 12.0. The van der Waals surface area contributed by atoms with Crippen molar-refractivity contribution in [2.45, 2.75) is 39.4 Å². The van der Waals surface area contributed by atoms with Crippen molar-refractivity contribution >= 4 is 15.9 Å². The molecule has 0 spiro atoms. The minimum atomic E-state index is -3.35. The number of aryl methyl sites for hydroxylation is 1. The number of aromatic nitrogens is 2. The van der Waals surface area contributed by atoms with E-state index in [0.717, 1.165) is 5.69 Å². The van der Waals surface area contributed by atoms with Crippen LogP contribution in [0.15, 0.2) is 12.3 Å². The van der Waals surface area contributed by atoms with Crippen molar-refractivity contribution in [2.24, 2.45) is 5.92 Å². The fourth-order valence-electron chi connectivity index (χ4n) is 2.41. The number of rotatable bonds is 4. The zero-order valence-electron chi connectivity index (χ0n) is 12.6. The van der Waals surface area contributed by atoms with Crippen LogP contribution < -0.4 is 5.32 Å². The second-order valence-electron chi connectivity index (χ2n) is 5.70. The van der Waals surface area contributed by atoms with Crippen LogP contribution in [0.4, 0.5) is 0 Å². The van der Waals surface area contributed by atoms with Gasteiger partial charge >= 0.3 is 0 Å². The van der Waals surface area contributed by atoms with Crippen molar-refractivity contribution in [1.82, 2.24) is 19.4 Å². The van der Waals surface area contributed by atoms with Crippen LogP contribution in [0.2, 0.25) is 0 Å². The SMILES string of the molecule is CC(C)C(=O)NC[C@H]1CCn2nccc2CN1S(C)(=O)=O. The minimum Gasteiger partial charge on any atom is -0.354 e. The molecule has 118 valence electrons. The predicted octanol–water partition coefficient (Wildman–Crippen LogP) is 0.189. The van der Waals surface area contributed by atoms with Crippen molar-refractivity contribution in [1.29, 1.82) is 0 Å². The second kappa shape index (κ2) is 6.15. The average molecular weight is 314 g/mol. The monoisotopic (exact) mass is 314 g/mol. The van der Waals surface area contributed by atoms with Crippen LogP contribution in [0.1, 0.15) is 26.0 Å². The first-order chi connectivity index (χ1) is 9.79. The predicted molar refractivity (Wildman–Crippen MR) is 78.9 cm³/mol. The Hall–Kier alpha value is -1.41. The van der Waals surface area contributed by atoms with Gasteiger partial charge in [0.1, 0.15) is 0 Å². The molecule has 8 heteroatoms. The van der Waals surface area contributed by atoms with Crippen molar-refractivity contribution in [3.63, 3.8) is 0 Å². The molecule has 0 fully saturated rings. The molecule has 21 heavy (non-hydrogen) atoms. The lowest BCUT2D eigenvalue weighted by molar-refractivity contribution is -0.124. The van der Waals surface area contributed by atoms with E-state index in [1.807, 2.05) is 24.6 Å². The second-order valence-corrected chi connectivity index (χ2v) is 7.63. The Balaban J connectivity index is 2.15. The quantitative estimate of drug-likeness (QED) is 0.860. The van der Waals surface area contributed by atoms with E-state index in [9.17, 15) is 13.2 Å². The molecule has 1 amide bonds. The summed E-state index contributed by atoms with van der Waals surface area (Å²) in [4.78, 5) is 11.7. The number of amides is 1. The summed E-state index contributed by atoms with van der Waals surface area (Å²) in [5.41, 5.74) is 0.873. The lowest BCUT2D eigenvalue weighted by Crippen LogP contribution is -2.46. The van der Waals surface area contributed by atoms with E-state index in [0.29, 0.717) is 26.1 Å². The molecular weight excluding hydrogens is 292 g/mol. The van der Waals surface area contributed by atoms with E-state index in [4.69, 9.17) is 0 Å². The molecule has 2 heterocycles. The Morgan fingerprint density at radius 2 is 2.24 bits per heavy atom. The molecule has 1 aliphatic heterocycles. The zero-order chi connectivity index (χ0) is 15.6. The smallest absolute Gasteiger partial charge is 0.222 e. The van der Waals surface area contributed by atoms with Gasteiger partial charge in [0.25, 0.3) is 0 Å². The molecule has 0 saturated heterocycles. The number of carbonyl (C=O) groups is 1. The summed E-state index contributed by atoms with van der Waals surface area (Å²) in [7, 11) is -3.35. The number of nitrogens with one attached hydrogen (secondary N) is 1. The summed E-state index contributed by atoms with van der Waals surface area (Å²) >= 11 is 0. The summed E-state index contributed by atoms with van der Waals surface area (Å²) in [6.45, 7) is 4.89. The van der Waals surface area contributed by atoms with Crippen LogP contribution in [-0.2, 0) is 27.9 Å². The standard InChI is InChI=1S/C13H22N4O3S/c1-10(2)13(18)14-8-11-5-7-16-12(4-6-15-16)9-17(11)21(3,19)20/h4,6,10-11H,5,7-9H2,1-3H3,(H,14,18)/t11-/m1/s1. The number of sulfonamides is 1. The van der Waals surface area contributed by atoms with Crippen molar-refractivity contribution in [3.8, 4) is 0 Å². The zero-order valence-corrected chi connectivity index (χ0v) is 13.4. The third-order valence-corrected chi connectivity index (χ3v) is 4.95. The first-order valence-electron chi connectivity index (χ1n) is 7.04. The van der Waals surface area contributed by atoms with Gasteiger partial charge in [0, 0.05) is 31.2 Å². The van der Waals surface area contributed by atoms with E-state index in [1.165, 1.54) is 10.6 Å². The van der Waals surface area contributed by atoms with Gasteiger partial charge in [0.15, 0.2) is 0 Å². The number of nitrogens with zero attached hydrogens (tertiary/aromatic N) is 3. The summed E-state index contributed by atoms with van der Waals surface area (Å²) in [6.07, 6.45) is 3.51. The summed E-state index contributed by atoms with van der Waals surface area (Å²) in [5.74, 6) is -0.177. The third-order valence-electron chi connectivity index (χ3n) is 3.67.